The Balaban J connectivity index is 2.76. The predicted octanol–water partition coefficient (Wildman–Crippen LogP) is 2.12. The molecule has 0 fully saturated rings. The second kappa shape index (κ2) is 7.01. The zero-order chi connectivity index (χ0) is 13.5. The van der Waals surface area contributed by atoms with E-state index in [2.05, 4.69) is 12.2 Å². The molecule has 0 aliphatic rings. The number of amides is 1. The van der Waals surface area contributed by atoms with Gasteiger partial charge in [-0.3, -0.25) is 4.79 Å². The van der Waals surface area contributed by atoms with Gasteiger partial charge in [0.25, 0.3) is 5.91 Å². The van der Waals surface area contributed by atoms with Gasteiger partial charge in [-0.2, -0.15) is 0 Å². The van der Waals surface area contributed by atoms with E-state index in [0.29, 0.717) is 17.9 Å². The Morgan fingerprint density at radius 2 is 2.22 bits per heavy atom. The van der Waals surface area contributed by atoms with Gasteiger partial charge in [0, 0.05) is 12.8 Å². The van der Waals surface area contributed by atoms with E-state index in [1.807, 2.05) is 13.0 Å². The number of ether oxygens (including phenoxy) is 1. The van der Waals surface area contributed by atoms with Crippen LogP contribution in [0.1, 0.15) is 35.7 Å². The summed E-state index contributed by atoms with van der Waals surface area (Å²) in [4.78, 5) is 12.1. The molecule has 3 N–H and O–H groups in total. The highest BCUT2D eigenvalue weighted by Crippen LogP contribution is 2.14. The Labute approximate surface area is 109 Å². The maximum atomic E-state index is 12.1. The van der Waals surface area contributed by atoms with Crippen LogP contribution in [-0.2, 0) is 4.74 Å². The molecular formula is C14H22N2O2. The lowest BCUT2D eigenvalue weighted by Gasteiger charge is -2.18. The fourth-order valence-electron chi connectivity index (χ4n) is 1.88. The molecule has 1 amide bonds. The largest absolute Gasteiger partial charge is 0.398 e. The molecule has 0 saturated carbocycles. The molecule has 0 spiro atoms. The lowest BCUT2D eigenvalue weighted by molar-refractivity contribution is 0.0892. The summed E-state index contributed by atoms with van der Waals surface area (Å²) in [5, 5.41) is 2.96. The highest BCUT2D eigenvalue weighted by molar-refractivity contribution is 5.99. The zero-order valence-electron chi connectivity index (χ0n) is 11.3. The van der Waals surface area contributed by atoms with Crippen molar-refractivity contribution < 1.29 is 9.53 Å². The van der Waals surface area contributed by atoms with Gasteiger partial charge in [0.1, 0.15) is 0 Å². The number of anilines is 1. The van der Waals surface area contributed by atoms with Gasteiger partial charge < -0.3 is 15.8 Å². The first-order valence-electron chi connectivity index (χ1n) is 6.24. The molecule has 0 saturated heterocycles. The maximum Gasteiger partial charge on any atom is 0.253 e. The fraction of sp³-hybridized carbons (Fsp3) is 0.500. The van der Waals surface area contributed by atoms with Crippen LogP contribution in [0, 0.1) is 6.92 Å². The quantitative estimate of drug-likeness (QED) is 0.760. The number of aryl methyl sites for hydroxylation is 1. The Morgan fingerprint density at radius 3 is 2.83 bits per heavy atom. The highest BCUT2D eigenvalue weighted by Gasteiger charge is 2.15. The first kappa shape index (κ1) is 14.5. The third kappa shape index (κ3) is 4.04. The molecule has 1 unspecified atom stereocenters. The second-order valence-electron chi connectivity index (χ2n) is 4.51. The normalized spacial score (nSPS) is 12.2. The fourth-order valence-corrected chi connectivity index (χ4v) is 1.88. The summed E-state index contributed by atoms with van der Waals surface area (Å²) in [6.07, 6.45) is 1.89. The Hall–Kier alpha value is -1.55. The van der Waals surface area contributed by atoms with Crippen molar-refractivity contribution in [3.8, 4) is 0 Å². The van der Waals surface area contributed by atoms with E-state index < -0.39 is 0 Å². The molecule has 0 heterocycles. The lowest BCUT2D eigenvalue weighted by Crippen LogP contribution is -2.38. The minimum absolute atomic E-state index is 0.0346. The molecular weight excluding hydrogens is 228 g/mol. The first-order valence-corrected chi connectivity index (χ1v) is 6.24. The molecule has 4 nitrogen and oxygen atoms in total. The van der Waals surface area contributed by atoms with Crippen LogP contribution in [0.4, 0.5) is 5.69 Å². The van der Waals surface area contributed by atoms with Gasteiger partial charge in [-0.25, -0.2) is 0 Å². The molecule has 4 heteroatoms. The topological polar surface area (TPSA) is 64.3 Å². The van der Waals surface area contributed by atoms with Crippen LogP contribution >= 0.6 is 0 Å². The van der Waals surface area contributed by atoms with Crippen molar-refractivity contribution in [1.29, 1.82) is 0 Å². The van der Waals surface area contributed by atoms with Crippen LogP contribution < -0.4 is 11.1 Å². The van der Waals surface area contributed by atoms with Crippen molar-refractivity contribution in [3.63, 3.8) is 0 Å². The van der Waals surface area contributed by atoms with E-state index >= 15 is 0 Å². The number of benzene rings is 1. The zero-order valence-corrected chi connectivity index (χ0v) is 11.3. The smallest absolute Gasteiger partial charge is 0.253 e. The summed E-state index contributed by atoms with van der Waals surface area (Å²) < 4.78 is 5.10. The van der Waals surface area contributed by atoms with E-state index in [9.17, 15) is 4.79 Å². The van der Waals surface area contributed by atoms with Crippen molar-refractivity contribution in [2.24, 2.45) is 0 Å². The van der Waals surface area contributed by atoms with Gasteiger partial charge in [0.05, 0.1) is 18.2 Å². The number of rotatable bonds is 6. The van der Waals surface area contributed by atoms with Crippen molar-refractivity contribution in [1.82, 2.24) is 5.32 Å². The molecule has 0 aromatic heterocycles. The van der Waals surface area contributed by atoms with E-state index in [4.69, 9.17) is 10.5 Å². The van der Waals surface area contributed by atoms with Crippen LogP contribution in [0.2, 0.25) is 0 Å². The summed E-state index contributed by atoms with van der Waals surface area (Å²) in [6, 6.07) is 5.49. The average molecular weight is 250 g/mol. The van der Waals surface area contributed by atoms with Crippen LogP contribution in [0.25, 0.3) is 0 Å². The van der Waals surface area contributed by atoms with Crippen molar-refractivity contribution in [3.05, 3.63) is 29.3 Å². The third-order valence-corrected chi connectivity index (χ3v) is 2.79. The molecule has 1 aromatic carbocycles. The lowest BCUT2D eigenvalue weighted by atomic mass is 10.1. The Morgan fingerprint density at radius 1 is 1.50 bits per heavy atom. The highest BCUT2D eigenvalue weighted by atomic mass is 16.5. The standard InChI is InChI=1S/C14H22N2O2/c1-4-5-11(9-18-3)16-14(17)12-8-10(2)6-7-13(12)15/h6-8,11H,4-5,9,15H2,1-3H3,(H,16,17). The van der Waals surface area contributed by atoms with Crippen LogP contribution in [0.5, 0.6) is 0 Å². The number of hydrogen-bond donors (Lipinski definition) is 2. The molecule has 0 radical (unpaired) electrons. The minimum atomic E-state index is -0.133. The Kier molecular flexibility index (Phi) is 5.65. The number of nitrogens with two attached hydrogens (primary N) is 1. The second-order valence-corrected chi connectivity index (χ2v) is 4.51. The molecule has 0 aliphatic heterocycles. The maximum absolute atomic E-state index is 12.1. The number of carbonyl (C=O) groups excluding carboxylic acids is 1. The van der Waals surface area contributed by atoms with E-state index in [1.165, 1.54) is 0 Å². The average Bonchev–Trinajstić information content (AvgIpc) is 2.33. The first-order chi connectivity index (χ1) is 8.58. The van der Waals surface area contributed by atoms with Crippen LogP contribution in [0.3, 0.4) is 0 Å². The molecule has 0 aliphatic carbocycles. The van der Waals surface area contributed by atoms with Gasteiger partial charge in [-0.05, 0) is 25.5 Å². The number of methoxy groups -OCH3 is 1. The summed E-state index contributed by atoms with van der Waals surface area (Å²) >= 11 is 0. The number of carbonyl (C=O) groups is 1. The van der Waals surface area contributed by atoms with Crippen LogP contribution in [0.15, 0.2) is 18.2 Å². The SMILES string of the molecule is CCCC(COC)NC(=O)c1cc(C)ccc1N. The summed E-state index contributed by atoms with van der Waals surface area (Å²) in [5.74, 6) is -0.133. The molecule has 1 aromatic rings. The van der Waals surface area contributed by atoms with Gasteiger partial charge in [0.15, 0.2) is 0 Å². The summed E-state index contributed by atoms with van der Waals surface area (Å²) in [6.45, 7) is 4.54. The van der Waals surface area contributed by atoms with Crippen molar-refractivity contribution in [2.75, 3.05) is 19.5 Å². The molecule has 100 valence electrons. The van der Waals surface area contributed by atoms with Crippen molar-refractivity contribution in [2.45, 2.75) is 32.7 Å². The minimum Gasteiger partial charge on any atom is -0.398 e. The van der Waals surface area contributed by atoms with Gasteiger partial charge in [-0.15, -0.1) is 0 Å². The number of nitrogen functional groups attached to an aromatic ring is 1. The predicted molar refractivity (Wildman–Crippen MR) is 73.6 cm³/mol. The molecule has 1 atom stereocenters. The van der Waals surface area contributed by atoms with E-state index in [1.54, 1.807) is 19.2 Å². The summed E-state index contributed by atoms with van der Waals surface area (Å²) in [5.41, 5.74) is 7.88. The monoisotopic (exact) mass is 250 g/mol. The molecule has 18 heavy (non-hydrogen) atoms. The third-order valence-electron chi connectivity index (χ3n) is 2.79. The Bertz CT molecular complexity index is 399. The van der Waals surface area contributed by atoms with Gasteiger partial charge in [-0.1, -0.05) is 25.0 Å². The number of nitrogens with one attached hydrogen (secondary N) is 1. The van der Waals surface area contributed by atoms with E-state index in [0.717, 1.165) is 18.4 Å². The van der Waals surface area contributed by atoms with Gasteiger partial charge in [0.2, 0.25) is 0 Å². The van der Waals surface area contributed by atoms with E-state index in [-0.39, 0.29) is 11.9 Å². The van der Waals surface area contributed by atoms with Gasteiger partial charge >= 0.3 is 0 Å². The number of hydrogen-bond acceptors (Lipinski definition) is 3. The molecule has 1 rings (SSSR count). The van der Waals surface area contributed by atoms with Crippen molar-refractivity contribution >= 4 is 11.6 Å². The molecule has 0 bridgehead atoms. The van der Waals surface area contributed by atoms with Crippen LogP contribution in [-0.4, -0.2) is 25.7 Å². The summed E-state index contributed by atoms with van der Waals surface area (Å²) in [7, 11) is 1.63.